The standard InChI is InChI=1S/C31H29Cl2FN4O6/c1-2-44-29(40)18-10-8-17(9-11-18)23(39)14-22-27(38(42)43)25(19-4-3-5-21(32)26(19)34)31(37(22)15-16-6-7-16)20-12-13-24(33)35-28(20)36-30(31)41/h3-5,8-13,16,22-23,25,27,39H,2,6-7,14-15H2,1H3,(H,35,36,41)/t22-,23+,25-,27+,31+/m0/s1. The highest BCUT2D eigenvalue weighted by atomic mass is 35.5. The lowest BCUT2D eigenvalue weighted by Crippen LogP contribution is -2.53. The number of aliphatic hydroxyl groups is 1. The van der Waals surface area contributed by atoms with Gasteiger partial charge in [0.2, 0.25) is 6.04 Å². The summed E-state index contributed by atoms with van der Waals surface area (Å²) in [6, 6.07) is 11.0. The number of fused-ring (bicyclic) bond motifs is 2. The summed E-state index contributed by atoms with van der Waals surface area (Å²) in [7, 11) is 0. The number of hydrogen-bond acceptors (Lipinski definition) is 8. The number of hydrogen-bond donors (Lipinski definition) is 2. The van der Waals surface area contributed by atoms with Crippen LogP contribution in [0.2, 0.25) is 10.2 Å². The van der Waals surface area contributed by atoms with Gasteiger partial charge in [-0.2, -0.15) is 0 Å². The summed E-state index contributed by atoms with van der Waals surface area (Å²) in [5, 5.41) is 27.2. The number of nitrogens with one attached hydrogen (secondary N) is 1. The van der Waals surface area contributed by atoms with E-state index in [9.17, 15) is 24.8 Å². The molecule has 0 bridgehead atoms. The maximum absolute atomic E-state index is 15.9. The van der Waals surface area contributed by atoms with Gasteiger partial charge in [0.1, 0.15) is 22.3 Å². The molecule has 6 rings (SSSR count). The van der Waals surface area contributed by atoms with Gasteiger partial charge in [-0.1, -0.05) is 47.5 Å². The summed E-state index contributed by atoms with van der Waals surface area (Å²) in [5.74, 6) is -2.98. The minimum absolute atomic E-state index is 0.0753. The number of carbonyl (C=O) groups is 2. The third-order valence-corrected chi connectivity index (χ3v) is 9.37. The average Bonchev–Trinajstić information content (AvgIpc) is 3.71. The van der Waals surface area contributed by atoms with Crippen molar-refractivity contribution in [1.29, 1.82) is 0 Å². The predicted octanol–water partition coefficient (Wildman–Crippen LogP) is 5.50. The number of nitrogens with zero attached hydrogens (tertiary/aromatic N) is 3. The van der Waals surface area contributed by atoms with Gasteiger partial charge in [-0.05, 0) is 68.0 Å². The number of anilines is 1. The molecule has 13 heteroatoms. The smallest absolute Gasteiger partial charge is 0.338 e. The van der Waals surface area contributed by atoms with Crippen molar-refractivity contribution in [3.05, 3.63) is 103 Å². The molecule has 1 aliphatic carbocycles. The van der Waals surface area contributed by atoms with Crippen molar-refractivity contribution in [2.75, 3.05) is 18.5 Å². The molecule has 3 heterocycles. The molecule has 3 aromatic rings. The number of carbonyl (C=O) groups excluding carboxylic acids is 2. The number of halogens is 3. The van der Waals surface area contributed by atoms with E-state index in [0.717, 1.165) is 12.8 Å². The van der Waals surface area contributed by atoms with Crippen LogP contribution in [0.4, 0.5) is 10.2 Å². The highest BCUT2D eigenvalue weighted by molar-refractivity contribution is 6.31. The van der Waals surface area contributed by atoms with Gasteiger partial charge in [0.05, 0.1) is 35.3 Å². The van der Waals surface area contributed by atoms with E-state index in [2.05, 4.69) is 10.3 Å². The van der Waals surface area contributed by atoms with Gasteiger partial charge in [0.25, 0.3) is 5.91 Å². The first kappa shape index (κ1) is 30.4. The number of ether oxygens (including phenoxy) is 1. The van der Waals surface area contributed by atoms with E-state index in [0.29, 0.717) is 23.2 Å². The summed E-state index contributed by atoms with van der Waals surface area (Å²) in [5.41, 5.74) is -0.754. The number of amides is 1. The molecular formula is C31H29Cl2FN4O6. The van der Waals surface area contributed by atoms with Crippen molar-refractivity contribution in [3.8, 4) is 0 Å². The van der Waals surface area contributed by atoms with Crippen molar-refractivity contribution in [3.63, 3.8) is 0 Å². The number of likely N-dealkylation sites (tertiary alicyclic amines) is 1. The third-order valence-electron chi connectivity index (χ3n) is 8.87. The first-order valence-corrected chi connectivity index (χ1v) is 15.1. The van der Waals surface area contributed by atoms with Gasteiger partial charge >= 0.3 is 5.97 Å². The van der Waals surface area contributed by atoms with Gasteiger partial charge in [0.15, 0.2) is 0 Å². The Morgan fingerprint density at radius 3 is 2.61 bits per heavy atom. The van der Waals surface area contributed by atoms with E-state index in [-0.39, 0.29) is 40.5 Å². The Labute approximate surface area is 262 Å². The fourth-order valence-corrected chi connectivity index (χ4v) is 7.16. The van der Waals surface area contributed by atoms with Gasteiger partial charge in [0, 0.05) is 22.6 Å². The Kier molecular flexibility index (Phi) is 8.08. The van der Waals surface area contributed by atoms with Crippen LogP contribution in [0, 0.1) is 21.8 Å². The molecule has 3 aliphatic rings. The average molecular weight is 643 g/mol. The molecule has 0 unspecified atom stereocenters. The molecule has 0 radical (unpaired) electrons. The van der Waals surface area contributed by atoms with Gasteiger partial charge in [-0.15, -0.1) is 0 Å². The highest BCUT2D eigenvalue weighted by Crippen LogP contribution is 2.59. The van der Waals surface area contributed by atoms with Crippen LogP contribution >= 0.6 is 23.2 Å². The second-order valence-corrected chi connectivity index (χ2v) is 12.2. The van der Waals surface area contributed by atoms with Crippen LogP contribution in [0.3, 0.4) is 0 Å². The lowest BCUT2D eigenvalue weighted by molar-refractivity contribution is -0.528. The summed E-state index contributed by atoms with van der Waals surface area (Å²) in [6.07, 6.45) is 0.363. The normalized spacial score (nSPS) is 25.1. The fraction of sp³-hybridized carbons (Fsp3) is 0.387. The monoisotopic (exact) mass is 642 g/mol. The van der Waals surface area contributed by atoms with E-state index < -0.39 is 52.3 Å². The third kappa shape index (κ3) is 5.01. The molecule has 5 atom stereocenters. The molecule has 10 nitrogen and oxygen atoms in total. The van der Waals surface area contributed by atoms with E-state index in [4.69, 9.17) is 27.9 Å². The lowest BCUT2D eigenvalue weighted by atomic mass is 9.73. The minimum Gasteiger partial charge on any atom is -0.462 e. The summed E-state index contributed by atoms with van der Waals surface area (Å²) >= 11 is 12.4. The van der Waals surface area contributed by atoms with Crippen molar-refractivity contribution in [2.45, 2.75) is 55.8 Å². The molecule has 230 valence electrons. The molecule has 1 saturated heterocycles. The molecular weight excluding hydrogens is 614 g/mol. The van der Waals surface area contributed by atoms with Crippen LogP contribution in [-0.4, -0.2) is 57.0 Å². The number of esters is 1. The van der Waals surface area contributed by atoms with E-state index in [1.165, 1.54) is 36.4 Å². The molecule has 1 aromatic heterocycles. The van der Waals surface area contributed by atoms with Crippen LogP contribution < -0.4 is 5.32 Å². The summed E-state index contributed by atoms with van der Waals surface area (Å²) < 4.78 is 20.9. The lowest BCUT2D eigenvalue weighted by Gasteiger charge is -2.39. The first-order valence-electron chi connectivity index (χ1n) is 14.4. The molecule has 44 heavy (non-hydrogen) atoms. The van der Waals surface area contributed by atoms with Gasteiger partial charge < -0.3 is 15.2 Å². The second kappa shape index (κ2) is 11.7. The Bertz CT molecular complexity index is 1640. The van der Waals surface area contributed by atoms with Crippen LogP contribution in [0.15, 0.2) is 54.6 Å². The van der Waals surface area contributed by atoms with Crippen molar-refractivity contribution < 1.29 is 28.7 Å². The maximum Gasteiger partial charge on any atom is 0.338 e. The zero-order valence-electron chi connectivity index (χ0n) is 23.6. The molecule has 1 spiro atoms. The van der Waals surface area contributed by atoms with Crippen molar-refractivity contribution in [1.82, 2.24) is 9.88 Å². The Morgan fingerprint density at radius 2 is 1.95 bits per heavy atom. The van der Waals surface area contributed by atoms with Crippen molar-refractivity contribution in [2.24, 2.45) is 5.92 Å². The maximum atomic E-state index is 15.9. The first-order chi connectivity index (χ1) is 21.1. The topological polar surface area (TPSA) is 135 Å². The number of benzene rings is 2. The second-order valence-electron chi connectivity index (χ2n) is 11.4. The van der Waals surface area contributed by atoms with E-state index in [1.807, 2.05) is 0 Å². The van der Waals surface area contributed by atoms with Crippen LogP contribution in [0.25, 0.3) is 0 Å². The minimum atomic E-state index is -1.74. The Hall–Kier alpha value is -3.64. The quantitative estimate of drug-likeness (QED) is 0.135. The van der Waals surface area contributed by atoms with E-state index in [1.54, 1.807) is 30.0 Å². The number of rotatable bonds is 9. The van der Waals surface area contributed by atoms with Gasteiger partial charge in [-0.3, -0.25) is 19.8 Å². The van der Waals surface area contributed by atoms with E-state index >= 15 is 4.39 Å². The zero-order chi connectivity index (χ0) is 31.3. The molecule has 1 amide bonds. The predicted molar refractivity (Wildman–Crippen MR) is 160 cm³/mol. The number of aliphatic hydroxyl groups excluding tert-OH is 1. The SMILES string of the molecule is CCOC(=O)c1ccc([C@H](O)C[C@H]2[C@@H]([N+](=O)[O-])[C@H](c3cccc(Cl)c3F)[C@]3(C(=O)Nc4nc(Cl)ccc43)N2CC2CC2)cc1. The van der Waals surface area contributed by atoms with Crippen LogP contribution in [0.5, 0.6) is 0 Å². The van der Waals surface area contributed by atoms with Gasteiger partial charge in [-0.25, -0.2) is 14.2 Å². The molecule has 2 N–H and O–H groups in total. The molecule has 2 aromatic carbocycles. The largest absolute Gasteiger partial charge is 0.462 e. The fourth-order valence-electron chi connectivity index (χ4n) is 6.83. The highest BCUT2D eigenvalue weighted by Gasteiger charge is 2.72. The van der Waals surface area contributed by atoms with Crippen molar-refractivity contribution >= 4 is 40.9 Å². The Morgan fingerprint density at radius 1 is 1.23 bits per heavy atom. The number of nitro groups is 1. The number of aromatic nitrogens is 1. The summed E-state index contributed by atoms with van der Waals surface area (Å²) in [4.78, 5) is 45.0. The van der Waals surface area contributed by atoms with Crippen LogP contribution in [-0.2, 0) is 15.1 Å². The summed E-state index contributed by atoms with van der Waals surface area (Å²) in [6.45, 7) is 2.20. The molecule has 2 aliphatic heterocycles. The Balaban J connectivity index is 1.51. The van der Waals surface area contributed by atoms with Crippen LogP contribution in [0.1, 0.15) is 65.3 Å². The number of pyridine rings is 1. The molecule has 2 fully saturated rings. The zero-order valence-corrected chi connectivity index (χ0v) is 25.1. The molecule has 1 saturated carbocycles.